The lowest BCUT2D eigenvalue weighted by Gasteiger charge is -2.33. The van der Waals surface area contributed by atoms with Crippen LogP contribution in [-0.2, 0) is 24.6 Å². The highest BCUT2D eigenvalue weighted by Crippen LogP contribution is 2.46. The van der Waals surface area contributed by atoms with Crippen LogP contribution in [0.4, 0.5) is 10.1 Å². The lowest BCUT2D eigenvalue weighted by atomic mass is 9.80. The summed E-state index contributed by atoms with van der Waals surface area (Å²) in [5, 5.41) is 8.41. The van der Waals surface area contributed by atoms with Crippen molar-refractivity contribution >= 4 is 36.0 Å². The van der Waals surface area contributed by atoms with E-state index in [1.165, 1.54) is 0 Å². The quantitative estimate of drug-likeness (QED) is 0.346. The number of alkyl halides is 1. The summed E-state index contributed by atoms with van der Waals surface area (Å²) in [4.78, 5) is 55.1. The zero-order chi connectivity index (χ0) is 28.9. The molecular formula is C29H41FN5O4+. The van der Waals surface area contributed by atoms with Gasteiger partial charge < -0.3 is 16.0 Å². The Morgan fingerprint density at radius 1 is 1.21 bits per heavy atom. The largest absolute Gasteiger partial charge is 0.342 e. The number of nitrogens with zero attached hydrogens (tertiary/aromatic N) is 2. The molecule has 3 N–H and O–H groups in total. The van der Waals surface area contributed by atoms with Crippen LogP contribution in [0.1, 0.15) is 65.9 Å². The summed E-state index contributed by atoms with van der Waals surface area (Å²) >= 11 is 0. The number of amides is 4. The number of carbonyl (C=O) groups is 4. The summed E-state index contributed by atoms with van der Waals surface area (Å²) in [5.74, 6) is -1.77. The number of hydrogen-bond donors (Lipinski definition) is 3. The lowest BCUT2D eigenvalue weighted by molar-refractivity contribution is -0.549. The molecule has 212 valence electrons. The zero-order valence-electron chi connectivity index (χ0n) is 23.8. The second-order valence-electron chi connectivity index (χ2n) is 12.9. The Bertz CT molecular complexity index is 1200. The lowest BCUT2D eigenvalue weighted by Crippen LogP contribution is -2.60. The number of likely N-dealkylation sites (tertiary alicyclic amines) is 1. The molecule has 0 aromatic heterocycles. The molecule has 0 radical (unpaired) electrons. The van der Waals surface area contributed by atoms with Gasteiger partial charge >= 0.3 is 0 Å². The SMILES string of the molecule is C=[N+](C)[C@@H]1C[C@@]2(CN1C(=O)[C@H](CC(C)C)NC(=O)[C@@H](NC(=O)C1(F)CC1)C(C)(C)C)C(=O)Nc1ccccc12. The van der Waals surface area contributed by atoms with Gasteiger partial charge in [-0.2, -0.15) is 0 Å². The second kappa shape index (κ2) is 10.0. The number of fused-ring (bicyclic) bond motifs is 2. The van der Waals surface area contributed by atoms with Gasteiger partial charge in [-0.25, -0.2) is 8.97 Å². The van der Waals surface area contributed by atoms with Gasteiger partial charge in [-0.05, 0) is 42.2 Å². The van der Waals surface area contributed by atoms with Gasteiger partial charge in [0.1, 0.15) is 31.3 Å². The number of carbonyl (C=O) groups excluding carboxylic acids is 4. The molecule has 1 saturated carbocycles. The van der Waals surface area contributed by atoms with Crippen molar-refractivity contribution in [2.45, 2.75) is 89.6 Å². The number of anilines is 1. The fraction of sp³-hybridized carbons (Fsp3) is 0.621. The maximum absolute atomic E-state index is 14.4. The highest BCUT2D eigenvalue weighted by Gasteiger charge is 2.59. The Morgan fingerprint density at radius 3 is 2.41 bits per heavy atom. The number of hydrogen-bond acceptors (Lipinski definition) is 4. The minimum absolute atomic E-state index is 0.0607. The van der Waals surface area contributed by atoms with Crippen LogP contribution in [-0.4, -0.2) is 77.3 Å². The number of nitrogens with one attached hydrogen (secondary N) is 3. The van der Waals surface area contributed by atoms with E-state index >= 15 is 0 Å². The van der Waals surface area contributed by atoms with E-state index in [1.807, 2.05) is 38.1 Å². The van der Waals surface area contributed by atoms with E-state index in [2.05, 4.69) is 22.7 Å². The highest BCUT2D eigenvalue weighted by atomic mass is 19.1. The minimum atomic E-state index is -1.93. The molecule has 9 nitrogen and oxygen atoms in total. The van der Waals surface area contributed by atoms with Crippen molar-refractivity contribution in [2.75, 3.05) is 18.9 Å². The highest BCUT2D eigenvalue weighted by molar-refractivity contribution is 6.07. The fourth-order valence-electron chi connectivity index (χ4n) is 5.66. The van der Waals surface area contributed by atoms with Crippen LogP contribution in [0, 0.1) is 11.3 Å². The minimum Gasteiger partial charge on any atom is -0.342 e. The number of rotatable bonds is 8. The first-order valence-electron chi connectivity index (χ1n) is 13.6. The molecule has 1 aromatic carbocycles. The van der Waals surface area contributed by atoms with Crippen LogP contribution >= 0.6 is 0 Å². The van der Waals surface area contributed by atoms with Crippen molar-refractivity contribution in [3.63, 3.8) is 0 Å². The van der Waals surface area contributed by atoms with Crippen molar-refractivity contribution in [1.29, 1.82) is 0 Å². The summed E-state index contributed by atoms with van der Waals surface area (Å²) < 4.78 is 16.1. The van der Waals surface area contributed by atoms with Crippen LogP contribution in [0.25, 0.3) is 0 Å². The molecule has 39 heavy (non-hydrogen) atoms. The average Bonchev–Trinajstić information content (AvgIpc) is 3.36. The topological polar surface area (TPSA) is 111 Å². The Balaban J connectivity index is 1.61. The molecule has 2 heterocycles. The Kier molecular flexibility index (Phi) is 7.38. The van der Waals surface area contributed by atoms with Crippen LogP contribution < -0.4 is 16.0 Å². The molecule has 4 atom stereocenters. The van der Waals surface area contributed by atoms with Gasteiger partial charge in [-0.3, -0.25) is 24.1 Å². The van der Waals surface area contributed by atoms with E-state index < -0.39 is 46.6 Å². The van der Waals surface area contributed by atoms with Gasteiger partial charge in [0.05, 0.1) is 6.42 Å². The zero-order valence-corrected chi connectivity index (χ0v) is 23.8. The first-order chi connectivity index (χ1) is 18.1. The van der Waals surface area contributed by atoms with Gasteiger partial charge in [0, 0.05) is 12.2 Å². The third kappa shape index (κ3) is 5.43. The average molecular weight is 543 g/mol. The van der Waals surface area contributed by atoms with E-state index in [9.17, 15) is 23.6 Å². The van der Waals surface area contributed by atoms with Gasteiger partial charge in [0.15, 0.2) is 5.67 Å². The number of halogens is 1. The molecule has 1 aliphatic carbocycles. The third-order valence-electron chi connectivity index (χ3n) is 8.07. The summed E-state index contributed by atoms with van der Waals surface area (Å²) in [6.45, 7) is 13.4. The van der Waals surface area contributed by atoms with Crippen LogP contribution in [0.5, 0.6) is 0 Å². The molecule has 10 heteroatoms. The molecule has 4 amide bonds. The molecule has 1 spiro atoms. The van der Waals surface area contributed by atoms with E-state index in [-0.39, 0.29) is 37.1 Å². The summed E-state index contributed by atoms with van der Waals surface area (Å²) in [6.07, 6.45) is 0.518. The Hall–Kier alpha value is -3.30. The summed E-state index contributed by atoms with van der Waals surface area (Å²) in [6, 6.07) is 5.54. The van der Waals surface area contributed by atoms with Crippen LogP contribution in [0.3, 0.4) is 0 Å². The summed E-state index contributed by atoms with van der Waals surface area (Å²) in [5.41, 5.74) is -1.99. The second-order valence-corrected chi connectivity index (χ2v) is 12.9. The van der Waals surface area contributed by atoms with Gasteiger partial charge in [-0.15, -0.1) is 0 Å². The monoisotopic (exact) mass is 542 g/mol. The Morgan fingerprint density at radius 2 is 1.85 bits per heavy atom. The van der Waals surface area contributed by atoms with Crippen molar-refractivity contribution in [3.8, 4) is 0 Å². The molecule has 0 bridgehead atoms. The molecule has 2 aliphatic heterocycles. The predicted octanol–water partition coefficient (Wildman–Crippen LogP) is 2.34. The van der Waals surface area contributed by atoms with E-state index in [1.54, 1.807) is 37.3 Å². The van der Waals surface area contributed by atoms with Gasteiger partial charge in [0.2, 0.25) is 23.9 Å². The molecule has 3 aliphatic rings. The van der Waals surface area contributed by atoms with Crippen LogP contribution in [0.15, 0.2) is 24.3 Å². The number of benzene rings is 1. The predicted molar refractivity (Wildman–Crippen MR) is 146 cm³/mol. The van der Waals surface area contributed by atoms with Crippen LogP contribution in [0.2, 0.25) is 0 Å². The maximum Gasteiger partial charge on any atom is 0.258 e. The van der Waals surface area contributed by atoms with E-state index in [0.29, 0.717) is 12.8 Å². The molecule has 2 fully saturated rings. The molecular weight excluding hydrogens is 501 g/mol. The summed E-state index contributed by atoms with van der Waals surface area (Å²) in [7, 11) is 1.76. The maximum atomic E-state index is 14.4. The standard InChI is InChI=1S/C29H40FN5O4/c1-17(2)14-20(31-23(36)22(27(3,4)5)33-26(39)29(30)12-13-29)24(37)35-16-28(15-21(35)34(6)7)18-10-8-9-11-19(18)32-25(28)38/h8-11,17,20-22H,6,12-16H2,1-5,7H3,(H2-,31,32,33,36,38,39)/p+1/t20-,21-,22+,28-/m0/s1. The van der Waals surface area contributed by atoms with Crippen molar-refractivity contribution in [3.05, 3.63) is 29.8 Å². The van der Waals surface area contributed by atoms with Crippen molar-refractivity contribution in [2.24, 2.45) is 11.3 Å². The first-order valence-corrected chi connectivity index (χ1v) is 13.6. The molecule has 0 unspecified atom stereocenters. The molecule has 1 saturated heterocycles. The van der Waals surface area contributed by atoms with Crippen molar-refractivity contribution < 1.29 is 28.1 Å². The van der Waals surface area contributed by atoms with Gasteiger partial charge in [0.25, 0.3) is 5.91 Å². The molecule has 1 aromatic rings. The fourth-order valence-corrected chi connectivity index (χ4v) is 5.66. The Labute approximate surface area is 229 Å². The third-order valence-corrected chi connectivity index (χ3v) is 8.07. The van der Waals surface area contributed by atoms with Crippen molar-refractivity contribution in [1.82, 2.24) is 15.5 Å². The smallest absolute Gasteiger partial charge is 0.258 e. The van der Waals surface area contributed by atoms with Gasteiger partial charge in [-0.1, -0.05) is 52.8 Å². The van der Waals surface area contributed by atoms with E-state index in [0.717, 1.165) is 11.3 Å². The number of para-hydroxylation sites is 1. The first kappa shape index (κ1) is 28.7. The molecule has 4 rings (SSSR count). The van der Waals surface area contributed by atoms with E-state index in [4.69, 9.17) is 0 Å². The normalized spacial score (nSPS) is 24.7.